The molecule has 2 heterocycles. The molecule has 0 aliphatic heterocycles. The molecule has 0 unspecified atom stereocenters. The van der Waals surface area contributed by atoms with Gasteiger partial charge in [-0.05, 0) is 6.92 Å². The Morgan fingerprint density at radius 3 is 2.88 bits per heavy atom. The summed E-state index contributed by atoms with van der Waals surface area (Å²) in [7, 11) is 0. The first kappa shape index (κ1) is 11.1. The Morgan fingerprint density at radius 2 is 2.24 bits per heavy atom. The van der Waals surface area contributed by atoms with Gasteiger partial charge in [-0.2, -0.15) is 0 Å². The van der Waals surface area contributed by atoms with E-state index in [0.717, 1.165) is 6.33 Å². The minimum Gasteiger partial charge on any atom is -0.476 e. The van der Waals surface area contributed by atoms with Crippen LogP contribution in [0.2, 0.25) is 0 Å². The smallest absolute Gasteiger partial charge is 0.356 e. The van der Waals surface area contributed by atoms with Crippen LogP contribution < -0.4 is 0 Å². The number of fused-ring (bicyclic) bond motifs is 1. The van der Waals surface area contributed by atoms with Gasteiger partial charge in [-0.1, -0.05) is 0 Å². The third kappa shape index (κ3) is 1.82. The summed E-state index contributed by atoms with van der Waals surface area (Å²) in [6.07, 6.45) is 2.46. The van der Waals surface area contributed by atoms with Crippen molar-refractivity contribution < 1.29 is 19.4 Å². The zero-order chi connectivity index (χ0) is 12.4. The first-order valence-electron chi connectivity index (χ1n) is 4.87. The summed E-state index contributed by atoms with van der Waals surface area (Å²) in [5, 5.41) is 8.91. The maximum absolute atomic E-state index is 11.6. The normalized spacial score (nSPS) is 10.4. The molecule has 0 saturated carbocycles. The molecular formula is C10H9N3O4. The van der Waals surface area contributed by atoms with E-state index in [0.29, 0.717) is 0 Å². The number of aromatic carboxylic acids is 1. The molecule has 0 radical (unpaired) electrons. The molecule has 2 rings (SSSR count). The van der Waals surface area contributed by atoms with Crippen molar-refractivity contribution >= 4 is 23.0 Å². The Labute approximate surface area is 95.5 Å². The van der Waals surface area contributed by atoms with Crippen molar-refractivity contribution in [3.8, 4) is 0 Å². The third-order valence-corrected chi connectivity index (χ3v) is 2.16. The number of carboxylic acids is 1. The van der Waals surface area contributed by atoms with E-state index in [9.17, 15) is 9.59 Å². The number of hydrogen-bond donors (Lipinski definition) is 2. The van der Waals surface area contributed by atoms with Gasteiger partial charge in [-0.25, -0.2) is 19.6 Å². The lowest BCUT2D eigenvalue weighted by molar-refractivity contribution is 0.0527. The molecule has 88 valence electrons. The van der Waals surface area contributed by atoms with Crippen LogP contribution in [-0.4, -0.2) is 38.6 Å². The number of esters is 1. The van der Waals surface area contributed by atoms with Crippen molar-refractivity contribution in [1.82, 2.24) is 15.0 Å². The highest BCUT2D eigenvalue weighted by Gasteiger charge is 2.19. The Bertz CT molecular complexity index is 590. The largest absolute Gasteiger partial charge is 0.476 e. The molecule has 0 spiro atoms. The molecule has 0 amide bonds. The van der Waals surface area contributed by atoms with Gasteiger partial charge in [0.2, 0.25) is 0 Å². The molecule has 0 aromatic carbocycles. The van der Waals surface area contributed by atoms with E-state index in [1.807, 2.05) is 0 Å². The van der Waals surface area contributed by atoms with Gasteiger partial charge in [0, 0.05) is 6.20 Å². The number of H-pyrrole nitrogens is 1. The summed E-state index contributed by atoms with van der Waals surface area (Å²) < 4.78 is 4.83. The minimum absolute atomic E-state index is 0.175. The summed E-state index contributed by atoms with van der Waals surface area (Å²) in [6, 6.07) is 0. The standard InChI is InChI=1S/C10H9N3O4/c1-2-17-10(16)5-3-11-7-6(5)12-4-13-8(7)9(14)15/h3-4,11H,2H2,1H3,(H,14,15). The SMILES string of the molecule is CCOC(=O)c1c[nH]c2c(C(=O)O)ncnc12. The molecule has 7 nitrogen and oxygen atoms in total. The van der Waals surface area contributed by atoms with Crippen LogP contribution in [0.5, 0.6) is 0 Å². The lowest BCUT2D eigenvalue weighted by atomic mass is 10.2. The zero-order valence-electron chi connectivity index (χ0n) is 8.93. The number of carbonyl (C=O) groups is 2. The summed E-state index contributed by atoms with van der Waals surface area (Å²) in [5.74, 6) is -1.73. The molecular weight excluding hydrogens is 226 g/mol. The van der Waals surface area contributed by atoms with Gasteiger partial charge in [0.1, 0.15) is 17.4 Å². The van der Waals surface area contributed by atoms with Crippen molar-refractivity contribution in [3.05, 3.63) is 23.8 Å². The average Bonchev–Trinajstić information content (AvgIpc) is 2.72. The highest BCUT2D eigenvalue weighted by atomic mass is 16.5. The topological polar surface area (TPSA) is 105 Å². The summed E-state index contributed by atoms with van der Waals surface area (Å²) in [6.45, 7) is 1.92. The molecule has 2 aromatic heterocycles. The minimum atomic E-state index is -1.19. The van der Waals surface area contributed by atoms with Gasteiger partial charge in [0.15, 0.2) is 5.69 Å². The van der Waals surface area contributed by atoms with Crippen LogP contribution in [0.1, 0.15) is 27.8 Å². The first-order chi connectivity index (χ1) is 8.15. The summed E-state index contributed by atoms with van der Waals surface area (Å²) in [5.41, 5.74) is 0.483. The van der Waals surface area contributed by atoms with Crippen molar-refractivity contribution in [2.45, 2.75) is 6.92 Å². The van der Waals surface area contributed by atoms with Crippen LogP contribution in [-0.2, 0) is 4.74 Å². The van der Waals surface area contributed by atoms with Crippen LogP contribution in [0.4, 0.5) is 0 Å². The molecule has 17 heavy (non-hydrogen) atoms. The maximum Gasteiger partial charge on any atom is 0.356 e. The fraction of sp³-hybridized carbons (Fsp3) is 0.200. The van der Waals surface area contributed by atoms with Gasteiger partial charge >= 0.3 is 11.9 Å². The lowest BCUT2D eigenvalue weighted by Crippen LogP contribution is -2.05. The average molecular weight is 235 g/mol. The molecule has 0 aliphatic carbocycles. The second-order valence-corrected chi connectivity index (χ2v) is 3.17. The highest BCUT2D eigenvalue weighted by molar-refractivity contribution is 6.07. The second-order valence-electron chi connectivity index (χ2n) is 3.17. The van der Waals surface area contributed by atoms with Crippen LogP contribution in [0.25, 0.3) is 11.0 Å². The number of aromatic nitrogens is 3. The van der Waals surface area contributed by atoms with E-state index < -0.39 is 11.9 Å². The lowest BCUT2D eigenvalue weighted by Gasteiger charge is -1.99. The van der Waals surface area contributed by atoms with Crippen molar-refractivity contribution in [1.29, 1.82) is 0 Å². The number of rotatable bonds is 3. The molecule has 0 saturated heterocycles. The second kappa shape index (κ2) is 4.20. The number of aromatic amines is 1. The fourth-order valence-electron chi connectivity index (χ4n) is 1.47. The number of nitrogens with one attached hydrogen (secondary N) is 1. The highest BCUT2D eigenvalue weighted by Crippen LogP contribution is 2.18. The monoisotopic (exact) mass is 235 g/mol. The number of ether oxygens (including phenoxy) is 1. The Kier molecular flexibility index (Phi) is 2.73. The van der Waals surface area contributed by atoms with E-state index in [1.165, 1.54) is 6.20 Å². The number of carbonyl (C=O) groups excluding carboxylic acids is 1. The molecule has 0 atom stereocenters. The summed E-state index contributed by atoms with van der Waals surface area (Å²) in [4.78, 5) is 32.6. The van der Waals surface area contributed by atoms with Gasteiger partial charge < -0.3 is 14.8 Å². The summed E-state index contributed by atoms with van der Waals surface area (Å²) >= 11 is 0. The van der Waals surface area contributed by atoms with Crippen LogP contribution in [0.3, 0.4) is 0 Å². The van der Waals surface area contributed by atoms with Gasteiger partial charge in [0.25, 0.3) is 0 Å². The van der Waals surface area contributed by atoms with Crippen LogP contribution in [0, 0.1) is 0 Å². The Hall–Kier alpha value is -2.44. The molecule has 2 N–H and O–H groups in total. The van der Waals surface area contributed by atoms with Crippen LogP contribution in [0.15, 0.2) is 12.5 Å². The zero-order valence-corrected chi connectivity index (χ0v) is 8.93. The van der Waals surface area contributed by atoms with Gasteiger partial charge in [-0.3, -0.25) is 0 Å². The third-order valence-electron chi connectivity index (χ3n) is 2.16. The van der Waals surface area contributed by atoms with E-state index in [2.05, 4.69) is 15.0 Å². The van der Waals surface area contributed by atoms with Crippen molar-refractivity contribution in [2.24, 2.45) is 0 Å². The number of nitrogens with zero attached hydrogens (tertiary/aromatic N) is 2. The van der Waals surface area contributed by atoms with Gasteiger partial charge in [0.05, 0.1) is 12.1 Å². The maximum atomic E-state index is 11.6. The van der Waals surface area contributed by atoms with E-state index in [-0.39, 0.29) is 28.9 Å². The predicted octanol–water partition coefficient (Wildman–Crippen LogP) is 0.833. The molecule has 2 aromatic rings. The predicted molar refractivity (Wildman–Crippen MR) is 56.8 cm³/mol. The Morgan fingerprint density at radius 1 is 1.47 bits per heavy atom. The van der Waals surface area contributed by atoms with E-state index >= 15 is 0 Å². The van der Waals surface area contributed by atoms with E-state index in [1.54, 1.807) is 6.92 Å². The quantitative estimate of drug-likeness (QED) is 0.763. The van der Waals surface area contributed by atoms with Gasteiger partial charge in [-0.15, -0.1) is 0 Å². The first-order valence-corrected chi connectivity index (χ1v) is 4.87. The number of hydrogen-bond acceptors (Lipinski definition) is 5. The van der Waals surface area contributed by atoms with Crippen LogP contribution >= 0.6 is 0 Å². The molecule has 0 bridgehead atoms. The van der Waals surface area contributed by atoms with E-state index in [4.69, 9.17) is 9.84 Å². The Balaban J connectivity index is 2.58. The molecule has 0 aliphatic rings. The fourth-order valence-corrected chi connectivity index (χ4v) is 1.47. The van der Waals surface area contributed by atoms with Crippen molar-refractivity contribution in [2.75, 3.05) is 6.61 Å². The molecule has 7 heteroatoms. The number of carboxylic acid groups (broad SMARTS) is 1. The molecule has 0 fully saturated rings. The van der Waals surface area contributed by atoms with Crippen molar-refractivity contribution in [3.63, 3.8) is 0 Å².